The van der Waals surface area contributed by atoms with Crippen LogP contribution >= 0.6 is 0 Å². The number of carbonyl (C=O) groups excluding carboxylic acids is 1. The molecular weight excluding hydrogens is 677 g/mol. The Morgan fingerprint density at radius 1 is 0.865 bits per heavy atom. The van der Waals surface area contributed by atoms with Crippen LogP contribution in [0.25, 0.3) is 11.0 Å². The van der Waals surface area contributed by atoms with Gasteiger partial charge in [0.15, 0.2) is 6.29 Å². The Kier molecular flexibility index (Phi) is 10.6. The number of nitrogens with one attached hydrogen (secondary N) is 2. The lowest BCUT2D eigenvalue weighted by Crippen LogP contribution is -2.45. The standard InChI is InChI=1S/C41H40N4O6S/c1-28-14-20-35(21-15-28)52(48,49)44-37(22-29-8-3-2-4-9-29)40(47)43-33-11-7-10-32(23-33)41-50-34(25-45-27-42-36-12-5-6-13-38(36)45)24-39(51-41)31-18-16-30(26-46)17-19-31/h2-21,23,27,34,37,39,41,44,46H,22,24-26H2,1H3,(H,43,47). The lowest BCUT2D eigenvalue weighted by molar-refractivity contribution is -0.252. The predicted octanol–water partition coefficient (Wildman–Crippen LogP) is 6.61. The predicted molar refractivity (Wildman–Crippen MR) is 199 cm³/mol. The zero-order valence-electron chi connectivity index (χ0n) is 28.6. The third kappa shape index (κ3) is 8.31. The summed E-state index contributed by atoms with van der Waals surface area (Å²) in [5.74, 6) is -0.506. The van der Waals surface area contributed by atoms with Crippen LogP contribution in [0.1, 0.15) is 46.6 Å². The SMILES string of the molecule is Cc1ccc(S(=O)(=O)NC(Cc2ccccc2)C(=O)Nc2cccc(C3OC(Cn4cnc5ccccc54)CC(c4ccc(CO)cc4)O3)c2)cc1. The Morgan fingerprint density at radius 3 is 2.38 bits per heavy atom. The highest BCUT2D eigenvalue weighted by Gasteiger charge is 2.33. The van der Waals surface area contributed by atoms with Crippen molar-refractivity contribution in [1.29, 1.82) is 0 Å². The molecular formula is C41H40N4O6S. The number of nitrogens with zero attached hydrogens (tertiary/aromatic N) is 2. The van der Waals surface area contributed by atoms with Gasteiger partial charge in [0.1, 0.15) is 6.04 Å². The normalized spacial score (nSPS) is 18.2. The van der Waals surface area contributed by atoms with E-state index in [9.17, 15) is 18.3 Å². The van der Waals surface area contributed by atoms with Crippen LogP contribution in [0, 0.1) is 6.92 Å². The topological polar surface area (TPSA) is 132 Å². The third-order valence-corrected chi connectivity index (χ3v) is 10.7. The van der Waals surface area contributed by atoms with E-state index in [1.165, 1.54) is 12.1 Å². The molecule has 11 heteroatoms. The molecule has 0 saturated carbocycles. The van der Waals surface area contributed by atoms with Crippen molar-refractivity contribution in [2.45, 2.75) is 62.4 Å². The highest BCUT2D eigenvalue weighted by molar-refractivity contribution is 7.89. The second-order valence-electron chi connectivity index (χ2n) is 13.0. The first-order valence-electron chi connectivity index (χ1n) is 17.2. The van der Waals surface area contributed by atoms with Crippen molar-refractivity contribution >= 4 is 32.7 Å². The molecule has 6 aromatic rings. The number of hydrogen-bond acceptors (Lipinski definition) is 7. The number of aliphatic hydroxyl groups is 1. The van der Waals surface area contributed by atoms with E-state index in [0.29, 0.717) is 24.2 Å². The highest BCUT2D eigenvalue weighted by atomic mass is 32.2. The van der Waals surface area contributed by atoms with E-state index < -0.39 is 28.3 Å². The van der Waals surface area contributed by atoms with Crippen LogP contribution in [0.2, 0.25) is 0 Å². The molecule has 1 saturated heterocycles. The Bertz CT molecular complexity index is 2240. The van der Waals surface area contributed by atoms with E-state index in [0.717, 1.165) is 33.3 Å². The Balaban J connectivity index is 1.13. The quantitative estimate of drug-likeness (QED) is 0.130. The number of carbonyl (C=O) groups is 1. The molecule has 52 heavy (non-hydrogen) atoms. The maximum Gasteiger partial charge on any atom is 0.242 e. The van der Waals surface area contributed by atoms with Gasteiger partial charge in [0, 0.05) is 17.7 Å². The number of ether oxygens (including phenoxy) is 2. The summed E-state index contributed by atoms with van der Waals surface area (Å²) in [6.07, 6.45) is 1.22. The fourth-order valence-electron chi connectivity index (χ4n) is 6.41. The molecule has 1 amide bonds. The van der Waals surface area contributed by atoms with Crippen molar-refractivity contribution in [3.63, 3.8) is 0 Å². The zero-order valence-corrected chi connectivity index (χ0v) is 29.4. The number of benzene rings is 5. The minimum absolute atomic E-state index is 0.0496. The van der Waals surface area contributed by atoms with E-state index in [4.69, 9.17) is 9.47 Å². The molecule has 4 unspecified atom stereocenters. The number of imidazole rings is 1. The first-order valence-corrected chi connectivity index (χ1v) is 18.7. The van der Waals surface area contributed by atoms with Gasteiger partial charge in [-0.15, -0.1) is 0 Å². The molecule has 266 valence electrons. The van der Waals surface area contributed by atoms with E-state index in [1.807, 2.05) is 98.2 Å². The zero-order chi connectivity index (χ0) is 36.1. The molecule has 5 aromatic carbocycles. The lowest BCUT2D eigenvalue weighted by Gasteiger charge is -2.36. The summed E-state index contributed by atoms with van der Waals surface area (Å²) in [4.78, 5) is 18.5. The van der Waals surface area contributed by atoms with Crippen LogP contribution in [0.5, 0.6) is 0 Å². The van der Waals surface area contributed by atoms with Gasteiger partial charge in [-0.05, 0) is 66.4 Å². The molecule has 10 nitrogen and oxygen atoms in total. The summed E-state index contributed by atoms with van der Waals surface area (Å²) < 4.78 is 44.7. The fraction of sp³-hybridized carbons (Fsp3) is 0.220. The van der Waals surface area contributed by atoms with E-state index in [2.05, 4.69) is 19.6 Å². The van der Waals surface area contributed by atoms with Gasteiger partial charge in [-0.25, -0.2) is 13.4 Å². The Morgan fingerprint density at radius 2 is 1.62 bits per heavy atom. The summed E-state index contributed by atoms with van der Waals surface area (Å²) in [7, 11) is -4.01. The van der Waals surface area contributed by atoms with E-state index in [1.54, 1.807) is 30.3 Å². The first kappa shape index (κ1) is 35.2. The number of aliphatic hydroxyl groups excluding tert-OH is 1. The first-order chi connectivity index (χ1) is 25.2. The maximum absolute atomic E-state index is 13.9. The summed E-state index contributed by atoms with van der Waals surface area (Å²) >= 11 is 0. The second-order valence-corrected chi connectivity index (χ2v) is 14.7. The van der Waals surface area contributed by atoms with Crippen LogP contribution in [0.4, 0.5) is 5.69 Å². The van der Waals surface area contributed by atoms with Gasteiger partial charge in [0.05, 0.1) is 47.6 Å². The monoisotopic (exact) mass is 716 g/mol. The van der Waals surface area contributed by atoms with Gasteiger partial charge in [-0.1, -0.05) is 96.6 Å². The van der Waals surface area contributed by atoms with Gasteiger partial charge in [-0.3, -0.25) is 4.79 Å². The highest BCUT2D eigenvalue weighted by Crippen LogP contribution is 2.39. The second kappa shape index (κ2) is 15.6. The average molecular weight is 717 g/mol. The molecule has 1 aliphatic rings. The van der Waals surface area contributed by atoms with Gasteiger partial charge in [-0.2, -0.15) is 4.72 Å². The van der Waals surface area contributed by atoms with Crippen molar-refractivity contribution in [2.24, 2.45) is 0 Å². The summed E-state index contributed by atoms with van der Waals surface area (Å²) in [5, 5.41) is 12.5. The van der Waals surface area contributed by atoms with E-state index >= 15 is 0 Å². The minimum atomic E-state index is -4.01. The molecule has 1 fully saturated rings. The number of anilines is 1. The summed E-state index contributed by atoms with van der Waals surface area (Å²) in [6, 6.07) is 37.5. The molecule has 0 spiro atoms. The van der Waals surface area contributed by atoms with Crippen LogP contribution in [-0.2, 0) is 43.9 Å². The smallest absolute Gasteiger partial charge is 0.242 e. The van der Waals surface area contributed by atoms with Crippen molar-refractivity contribution in [3.05, 3.63) is 162 Å². The third-order valence-electron chi connectivity index (χ3n) is 9.20. The van der Waals surface area contributed by atoms with Crippen molar-refractivity contribution in [3.8, 4) is 0 Å². The number of hydrogen-bond donors (Lipinski definition) is 3. The van der Waals surface area contributed by atoms with E-state index in [-0.39, 0.29) is 30.1 Å². The molecule has 0 radical (unpaired) electrons. The molecule has 0 aliphatic carbocycles. The number of fused-ring (bicyclic) bond motifs is 1. The molecule has 7 rings (SSSR count). The van der Waals surface area contributed by atoms with Gasteiger partial charge < -0.3 is 24.5 Å². The number of amides is 1. The average Bonchev–Trinajstić information content (AvgIpc) is 3.57. The summed E-state index contributed by atoms with van der Waals surface area (Å²) in [6.45, 7) is 2.38. The molecule has 4 atom stereocenters. The van der Waals surface area contributed by atoms with Crippen LogP contribution in [-0.4, -0.2) is 41.1 Å². The largest absolute Gasteiger partial charge is 0.392 e. The van der Waals surface area contributed by atoms with Crippen molar-refractivity contribution in [1.82, 2.24) is 14.3 Å². The van der Waals surface area contributed by atoms with Crippen LogP contribution in [0.15, 0.2) is 139 Å². The Hall–Kier alpha value is -5.17. The number of para-hydroxylation sites is 2. The minimum Gasteiger partial charge on any atom is -0.392 e. The number of rotatable bonds is 12. The molecule has 1 aliphatic heterocycles. The van der Waals surface area contributed by atoms with Crippen molar-refractivity contribution < 1.29 is 27.8 Å². The molecule has 1 aromatic heterocycles. The number of aromatic nitrogens is 2. The fourth-order valence-corrected chi connectivity index (χ4v) is 7.61. The molecule has 0 bridgehead atoms. The number of aryl methyl sites for hydroxylation is 1. The van der Waals surface area contributed by atoms with Crippen LogP contribution in [0.3, 0.4) is 0 Å². The summed E-state index contributed by atoms with van der Waals surface area (Å²) in [5.41, 5.74) is 6.56. The number of sulfonamides is 1. The van der Waals surface area contributed by atoms with Gasteiger partial charge in [0.2, 0.25) is 15.9 Å². The van der Waals surface area contributed by atoms with Crippen molar-refractivity contribution in [2.75, 3.05) is 5.32 Å². The maximum atomic E-state index is 13.9. The molecule has 2 heterocycles. The van der Waals surface area contributed by atoms with Gasteiger partial charge >= 0.3 is 0 Å². The Labute approximate surface area is 303 Å². The lowest BCUT2D eigenvalue weighted by atomic mass is 10.00. The van der Waals surface area contributed by atoms with Gasteiger partial charge in [0.25, 0.3) is 0 Å². The molecule has 3 N–H and O–H groups in total. The van der Waals surface area contributed by atoms with Crippen LogP contribution < -0.4 is 10.0 Å².